The molecule has 0 aromatic rings. The van der Waals surface area contributed by atoms with Crippen LogP contribution in [0, 0.1) is 0 Å². The smallest absolute Gasteiger partial charge is 0.434 e. The molecule has 24 heavy (non-hydrogen) atoms. The van der Waals surface area contributed by atoms with Crippen LogP contribution in [0.2, 0.25) is 0 Å². The fraction of sp³-hybridized carbons (Fsp3) is 0.833. The van der Waals surface area contributed by atoms with E-state index < -0.39 is 37.9 Å². The van der Waals surface area contributed by atoms with Crippen LogP contribution in [0.5, 0.6) is 0 Å². The zero-order valence-electron chi connectivity index (χ0n) is 12.4. The Balaban J connectivity index is 3.42. The van der Waals surface area contributed by atoms with Gasteiger partial charge in [0.15, 0.2) is 13.2 Å². The quantitative estimate of drug-likeness (QED) is 0.347. The van der Waals surface area contributed by atoms with Gasteiger partial charge in [0.1, 0.15) is 0 Å². The van der Waals surface area contributed by atoms with E-state index in [1.807, 2.05) is 0 Å². The standard InChI is InChI=1S/C12H16F6O6/c13-11(14,15)7-23-9(19)21-5-3-1-2-4-6-22-10(20)24-8-12(16,17)18/h1-8H2. The minimum absolute atomic E-state index is 0.148. The molecule has 0 aromatic heterocycles. The van der Waals surface area contributed by atoms with Crippen molar-refractivity contribution in [2.75, 3.05) is 26.4 Å². The van der Waals surface area contributed by atoms with Crippen molar-refractivity contribution >= 4 is 12.3 Å². The average Bonchev–Trinajstić information content (AvgIpc) is 2.44. The summed E-state index contributed by atoms with van der Waals surface area (Å²) in [5.74, 6) is 0. The molecule has 0 atom stereocenters. The van der Waals surface area contributed by atoms with E-state index in [1.165, 1.54) is 0 Å². The number of ether oxygens (including phenoxy) is 4. The fourth-order valence-corrected chi connectivity index (χ4v) is 1.23. The summed E-state index contributed by atoms with van der Waals surface area (Å²) < 4.78 is 86.6. The number of halogens is 6. The van der Waals surface area contributed by atoms with Crippen molar-refractivity contribution < 1.29 is 54.9 Å². The van der Waals surface area contributed by atoms with Gasteiger partial charge in [0.05, 0.1) is 13.2 Å². The van der Waals surface area contributed by atoms with Crippen LogP contribution in [0.3, 0.4) is 0 Å². The summed E-state index contributed by atoms with van der Waals surface area (Å²) in [5, 5.41) is 0. The van der Waals surface area contributed by atoms with E-state index in [-0.39, 0.29) is 13.2 Å². The molecule has 0 saturated carbocycles. The van der Waals surface area contributed by atoms with Crippen LogP contribution in [0.1, 0.15) is 25.7 Å². The van der Waals surface area contributed by atoms with E-state index in [9.17, 15) is 35.9 Å². The molecule has 0 rings (SSSR count). The van der Waals surface area contributed by atoms with Gasteiger partial charge in [-0.1, -0.05) is 0 Å². The molecule has 0 amide bonds. The Bertz CT molecular complexity index is 345. The van der Waals surface area contributed by atoms with Crippen LogP contribution in [0.25, 0.3) is 0 Å². The third-order valence-corrected chi connectivity index (χ3v) is 2.19. The van der Waals surface area contributed by atoms with Crippen molar-refractivity contribution in [3.05, 3.63) is 0 Å². The van der Waals surface area contributed by atoms with Crippen LogP contribution < -0.4 is 0 Å². The van der Waals surface area contributed by atoms with E-state index in [4.69, 9.17) is 0 Å². The highest BCUT2D eigenvalue weighted by atomic mass is 19.4. The summed E-state index contributed by atoms with van der Waals surface area (Å²) in [6, 6.07) is 0. The number of hydrogen-bond acceptors (Lipinski definition) is 6. The van der Waals surface area contributed by atoms with E-state index in [1.54, 1.807) is 0 Å². The largest absolute Gasteiger partial charge is 0.508 e. The van der Waals surface area contributed by atoms with Gasteiger partial charge in [-0.05, 0) is 25.7 Å². The van der Waals surface area contributed by atoms with Gasteiger partial charge >= 0.3 is 24.7 Å². The first-order chi connectivity index (χ1) is 11.0. The molecule has 0 spiro atoms. The number of hydrogen-bond donors (Lipinski definition) is 0. The monoisotopic (exact) mass is 370 g/mol. The van der Waals surface area contributed by atoms with Gasteiger partial charge in [-0.3, -0.25) is 0 Å². The van der Waals surface area contributed by atoms with Crippen molar-refractivity contribution in [1.29, 1.82) is 0 Å². The topological polar surface area (TPSA) is 71.1 Å². The molecule has 0 radical (unpaired) electrons. The minimum Gasteiger partial charge on any atom is -0.434 e. The first-order valence-corrected chi connectivity index (χ1v) is 6.72. The maximum Gasteiger partial charge on any atom is 0.508 e. The Kier molecular flexibility index (Phi) is 9.97. The first-order valence-electron chi connectivity index (χ1n) is 6.72. The molecule has 0 aliphatic rings. The third kappa shape index (κ3) is 16.5. The molecule has 0 heterocycles. The zero-order valence-corrected chi connectivity index (χ0v) is 12.4. The first kappa shape index (κ1) is 22.1. The van der Waals surface area contributed by atoms with Gasteiger partial charge in [-0.2, -0.15) is 26.3 Å². The lowest BCUT2D eigenvalue weighted by Gasteiger charge is -2.09. The molecule has 0 unspecified atom stereocenters. The molecule has 0 aliphatic heterocycles. The molecule has 0 aliphatic carbocycles. The lowest BCUT2D eigenvalue weighted by molar-refractivity contribution is -0.165. The highest BCUT2D eigenvalue weighted by molar-refractivity contribution is 5.60. The van der Waals surface area contributed by atoms with Crippen LogP contribution in [-0.4, -0.2) is 51.1 Å². The van der Waals surface area contributed by atoms with Gasteiger partial charge in [0.25, 0.3) is 0 Å². The average molecular weight is 370 g/mol. The maximum absolute atomic E-state index is 11.7. The maximum atomic E-state index is 11.7. The van der Waals surface area contributed by atoms with Crippen LogP contribution >= 0.6 is 0 Å². The summed E-state index contributed by atoms with van der Waals surface area (Å²) in [7, 11) is 0. The third-order valence-electron chi connectivity index (χ3n) is 2.19. The van der Waals surface area contributed by atoms with Crippen molar-refractivity contribution in [1.82, 2.24) is 0 Å². The van der Waals surface area contributed by atoms with E-state index in [0.717, 1.165) is 0 Å². The van der Waals surface area contributed by atoms with Gasteiger partial charge in [0, 0.05) is 0 Å². The molecule has 0 saturated heterocycles. The Hall–Kier alpha value is -1.88. The van der Waals surface area contributed by atoms with Gasteiger partial charge in [-0.25, -0.2) is 9.59 Å². The Morgan fingerprint density at radius 2 is 0.917 bits per heavy atom. The molecule has 0 aromatic carbocycles. The molecule has 0 fully saturated rings. The van der Waals surface area contributed by atoms with Crippen molar-refractivity contribution in [2.24, 2.45) is 0 Å². The summed E-state index contributed by atoms with van der Waals surface area (Å²) in [5.41, 5.74) is 0. The minimum atomic E-state index is -4.62. The highest BCUT2D eigenvalue weighted by Gasteiger charge is 2.30. The molecular weight excluding hydrogens is 354 g/mol. The molecule has 0 N–H and O–H groups in total. The molecule has 0 bridgehead atoms. The van der Waals surface area contributed by atoms with Crippen molar-refractivity contribution in [3.63, 3.8) is 0 Å². The predicted molar refractivity (Wildman–Crippen MR) is 65.2 cm³/mol. The van der Waals surface area contributed by atoms with Crippen LogP contribution in [-0.2, 0) is 18.9 Å². The lowest BCUT2D eigenvalue weighted by atomic mass is 10.2. The lowest BCUT2D eigenvalue weighted by Crippen LogP contribution is -2.21. The SMILES string of the molecule is O=C(OCCCCCCOC(=O)OCC(F)(F)F)OCC(F)(F)F. The Labute approximate surface area is 133 Å². The number of unbranched alkanes of at least 4 members (excludes halogenated alkanes) is 3. The van der Waals surface area contributed by atoms with Crippen molar-refractivity contribution in [3.8, 4) is 0 Å². The normalized spacial score (nSPS) is 11.8. The number of carbonyl (C=O) groups excluding carboxylic acids is 2. The summed E-state index contributed by atoms with van der Waals surface area (Å²) >= 11 is 0. The number of carbonyl (C=O) groups is 2. The van der Waals surface area contributed by atoms with Gasteiger partial charge < -0.3 is 18.9 Å². The number of rotatable bonds is 9. The van der Waals surface area contributed by atoms with E-state index in [2.05, 4.69) is 18.9 Å². The number of alkyl halides is 6. The summed E-state index contributed by atoms with van der Waals surface area (Å²) in [6.07, 6.45) is -10.5. The van der Waals surface area contributed by atoms with Gasteiger partial charge in [-0.15, -0.1) is 0 Å². The molecule has 142 valence electrons. The zero-order chi connectivity index (χ0) is 18.6. The second kappa shape index (κ2) is 10.8. The second-order valence-electron chi connectivity index (χ2n) is 4.42. The Morgan fingerprint density at radius 1 is 0.583 bits per heavy atom. The summed E-state index contributed by atoms with van der Waals surface area (Å²) in [4.78, 5) is 21.5. The van der Waals surface area contributed by atoms with E-state index in [0.29, 0.717) is 25.7 Å². The van der Waals surface area contributed by atoms with Gasteiger partial charge in [0.2, 0.25) is 0 Å². The Morgan fingerprint density at radius 3 is 1.21 bits per heavy atom. The highest BCUT2D eigenvalue weighted by Crippen LogP contribution is 2.15. The van der Waals surface area contributed by atoms with Crippen LogP contribution in [0.4, 0.5) is 35.9 Å². The summed E-state index contributed by atoms with van der Waals surface area (Å²) in [6.45, 7) is -3.75. The molecule has 12 heteroatoms. The molecule has 6 nitrogen and oxygen atoms in total. The van der Waals surface area contributed by atoms with Crippen molar-refractivity contribution in [2.45, 2.75) is 38.0 Å². The fourth-order valence-electron chi connectivity index (χ4n) is 1.23. The molecular formula is C12H16F6O6. The second-order valence-corrected chi connectivity index (χ2v) is 4.42. The van der Waals surface area contributed by atoms with E-state index >= 15 is 0 Å². The predicted octanol–water partition coefficient (Wildman–Crippen LogP) is 3.98. The van der Waals surface area contributed by atoms with Crippen LogP contribution in [0.15, 0.2) is 0 Å².